The summed E-state index contributed by atoms with van der Waals surface area (Å²) in [6.07, 6.45) is 0. The molecule has 2 rings (SSSR count). The fraction of sp³-hybridized carbons (Fsp3) is 0.316. The van der Waals surface area contributed by atoms with Crippen LogP contribution in [0.2, 0.25) is 5.02 Å². The predicted octanol–water partition coefficient (Wildman–Crippen LogP) is 6.62. The molecule has 0 spiro atoms. The summed E-state index contributed by atoms with van der Waals surface area (Å²) in [5.41, 5.74) is 0.290. The number of benzene rings is 2. The highest BCUT2D eigenvalue weighted by molar-refractivity contribution is 8.55. The zero-order valence-electron chi connectivity index (χ0n) is 15.3. The fourth-order valence-corrected chi connectivity index (χ4v) is 6.01. The van der Waals surface area contributed by atoms with Gasteiger partial charge in [0.15, 0.2) is 5.78 Å². The van der Waals surface area contributed by atoms with Gasteiger partial charge in [-0.1, -0.05) is 25.4 Å². The van der Waals surface area contributed by atoms with Gasteiger partial charge in [-0.05, 0) is 66.7 Å². The summed E-state index contributed by atoms with van der Waals surface area (Å²) in [7, 11) is 0. The summed E-state index contributed by atoms with van der Waals surface area (Å²) in [5.74, 6) is -0.210. The molecule has 0 aliphatic carbocycles. The van der Waals surface area contributed by atoms with Crippen molar-refractivity contribution >= 4 is 35.6 Å². The van der Waals surface area contributed by atoms with Crippen LogP contribution in [0.5, 0.6) is 5.75 Å². The van der Waals surface area contributed by atoms with Gasteiger partial charge in [-0.25, -0.2) is 8.96 Å². The molecule has 27 heavy (non-hydrogen) atoms. The van der Waals surface area contributed by atoms with Crippen LogP contribution in [0, 0.1) is 11.7 Å². The first-order valence-corrected chi connectivity index (χ1v) is 11.9. The summed E-state index contributed by atoms with van der Waals surface area (Å²) < 4.78 is 37.8. The number of hydrogen-bond donors (Lipinski definition) is 0. The van der Waals surface area contributed by atoms with Crippen LogP contribution in [0.1, 0.15) is 36.7 Å². The van der Waals surface area contributed by atoms with Crippen LogP contribution < -0.4 is 4.52 Å². The van der Waals surface area contributed by atoms with Gasteiger partial charge in [0.05, 0.1) is 12.2 Å². The molecule has 0 aliphatic rings. The maximum absolute atomic E-state index is 13.8. The minimum absolute atomic E-state index is 0.0180. The Kier molecular flexibility index (Phi) is 7.92. The highest BCUT2D eigenvalue weighted by Crippen LogP contribution is 2.60. The van der Waals surface area contributed by atoms with Crippen molar-refractivity contribution in [1.82, 2.24) is 0 Å². The van der Waals surface area contributed by atoms with Crippen LogP contribution in [0.15, 0.2) is 42.5 Å². The number of ketones is 1. The molecule has 4 nitrogen and oxygen atoms in total. The van der Waals surface area contributed by atoms with Gasteiger partial charge in [0, 0.05) is 16.3 Å². The SMILES string of the molecule is CCOP(=O)(Oc1ccc(F)cc1C(=O)c1ccc(Cl)cc1)SCC(C)C. The zero-order chi connectivity index (χ0) is 20.0. The number of rotatable bonds is 9. The minimum atomic E-state index is -3.56. The van der Waals surface area contributed by atoms with Gasteiger partial charge in [0.2, 0.25) is 0 Å². The van der Waals surface area contributed by atoms with Crippen molar-refractivity contribution < 1.29 is 22.8 Å². The second-order valence-corrected chi connectivity index (χ2v) is 10.6. The van der Waals surface area contributed by atoms with E-state index in [1.165, 1.54) is 18.2 Å². The lowest BCUT2D eigenvalue weighted by Gasteiger charge is -2.20. The lowest BCUT2D eigenvalue weighted by molar-refractivity contribution is 0.103. The first kappa shape index (κ1) is 22.0. The molecule has 2 aromatic rings. The molecule has 0 bridgehead atoms. The molecule has 0 amide bonds. The van der Waals surface area contributed by atoms with Crippen LogP contribution in [0.3, 0.4) is 0 Å². The van der Waals surface area contributed by atoms with E-state index in [9.17, 15) is 13.8 Å². The molecule has 0 saturated heterocycles. The minimum Gasteiger partial charge on any atom is -0.416 e. The van der Waals surface area contributed by atoms with Crippen LogP contribution in [-0.2, 0) is 9.09 Å². The Hall–Kier alpha value is -1.33. The Balaban J connectivity index is 2.37. The highest BCUT2D eigenvalue weighted by Gasteiger charge is 2.29. The van der Waals surface area contributed by atoms with Crippen LogP contribution in [0.4, 0.5) is 4.39 Å². The second-order valence-electron chi connectivity index (χ2n) is 6.12. The molecule has 0 fully saturated rings. The van der Waals surface area contributed by atoms with E-state index >= 15 is 0 Å². The van der Waals surface area contributed by atoms with Gasteiger partial charge in [0.25, 0.3) is 0 Å². The Labute approximate surface area is 167 Å². The maximum atomic E-state index is 13.8. The molecule has 0 N–H and O–H groups in total. The highest BCUT2D eigenvalue weighted by atomic mass is 35.5. The topological polar surface area (TPSA) is 52.6 Å². The summed E-state index contributed by atoms with van der Waals surface area (Å²) in [5, 5.41) is 0.480. The molecular formula is C19H21ClFO4PS. The molecule has 0 aromatic heterocycles. The van der Waals surface area contributed by atoms with Crippen molar-refractivity contribution in [1.29, 1.82) is 0 Å². The first-order chi connectivity index (χ1) is 12.7. The van der Waals surface area contributed by atoms with E-state index < -0.39 is 18.4 Å². The largest absolute Gasteiger partial charge is 0.440 e. The third kappa shape index (κ3) is 6.35. The molecule has 1 unspecified atom stereocenters. The number of halogens is 2. The average molecular weight is 431 g/mol. The van der Waals surface area contributed by atoms with Crippen LogP contribution in [0.25, 0.3) is 0 Å². The van der Waals surface area contributed by atoms with Gasteiger partial charge in [-0.3, -0.25) is 9.32 Å². The number of hydrogen-bond acceptors (Lipinski definition) is 5. The Morgan fingerprint density at radius 1 is 1.22 bits per heavy atom. The second kappa shape index (κ2) is 9.74. The van der Waals surface area contributed by atoms with E-state index in [-0.39, 0.29) is 23.8 Å². The number of carbonyl (C=O) groups is 1. The summed E-state index contributed by atoms with van der Waals surface area (Å²) in [6.45, 7) is 2.30. The molecule has 146 valence electrons. The predicted molar refractivity (Wildman–Crippen MR) is 108 cm³/mol. The first-order valence-electron chi connectivity index (χ1n) is 8.42. The average Bonchev–Trinajstić information content (AvgIpc) is 2.62. The molecule has 0 saturated carbocycles. The van der Waals surface area contributed by atoms with Gasteiger partial charge >= 0.3 is 6.80 Å². The lowest BCUT2D eigenvalue weighted by Crippen LogP contribution is -2.06. The van der Waals surface area contributed by atoms with Crippen molar-refractivity contribution in [3.63, 3.8) is 0 Å². The number of carbonyl (C=O) groups excluding carboxylic acids is 1. The van der Waals surface area contributed by atoms with Crippen molar-refractivity contribution in [2.75, 3.05) is 12.4 Å². The van der Waals surface area contributed by atoms with Crippen molar-refractivity contribution in [3.05, 3.63) is 64.4 Å². The van der Waals surface area contributed by atoms with Gasteiger partial charge < -0.3 is 4.52 Å². The monoisotopic (exact) mass is 430 g/mol. The molecular weight excluding hydrogens is 410 g/mol. The third-order valence-corrected chi connectivity index (χ3v) is 7.67. The van der Waals surface area contributed by atoms with Gasteiger partial charge in [-0.2, -0.15) is 0 Å². The van der Waals surface area contributed by atoms with E-state index in [4.69, 9.17) is 20.6 Å². The summed E-state index contributed by atoms with van der Waals surface area (Å²) >= 11 is 6.91. The van der Waals surface area contributed by atoms with E-state index in [0.717, 1.165) is 23.5 Å². The van der Waals surface area contributed by atoms with E-state index in [0.29, 0.717) is 16.3 Å². The lowest BCUT2D eigenvalue weighted by atomic mass is 10.0. The van der Waals surface area contributed by atoms with E-state index in [1.807, 2.05) is 13.8 Å². The Morgan fingerprint density at radius 2 is 1.89 bits per heavy atom. The standard InChI is InChI=1S/C19H21ClFO4PS/c1-4-24-26(23,27-12-13(2)3)25-18-10-9-16(21)11-17(18)19(22)14-5-7-15(20)8-6-14/h5-11,13H,4,12H2,1-3H3. The third-order valence-electron chi connectivity index (χ3n) is 3.36. The summed E-state index contributed by atoms with van der Waals surface area (Å²) in [4.78, 5) is 12.8. The Morgan fingerprint density at radius 3 is 2.48 bits per heavy atom. The maximum Gasteiger partial charge on any atom is 0.440 e. The molecule has 0 radical (unpaired) electrons. The molecule has 0 aliphatic heterocycles. The van der Waals surface area contributed by atoms with Crippen molar-refractivity contribution in [3.8, 4) is 5.75 Å². The van der Waals surface area contributed by atoms with Gasteiger partial charge in [0.1, 0.15) is 11.6 Å². The molecule has 8 heteroatoms. The molecule has 2 aromatic carbocycles. The van der Waals surface area contributed by atoms with Crippen molar-refractivity contribution in [2.45, 2.75) is 20.8 Å². The Bertz CT molecular complexity index is 842. The van der Waals surface area contributed by atoms with E-state index in [1.54, 1.807) is 19.1 Å². The molecule has 0 heterocycles. The van der Waals surface area contributed by atoms with Crippen LogP contribution >= 0.6 is 29.8 Å². The van der Waals surface area contributed by atoms with Gasteiger partial charge in [-0.15, -0.1) is 0 Å². The normalized spacial score (nSPS) is 13.4. The van der Waals surface area contributed by atoms with Crippen LogP contribution in [-0.4, -0.2) is 18.1 Å². The zero-order valence-corrected chi connectivity index (χ0v) is 17.7. The molecule has 1 atom stereocenters. The summed E-state index contributed by atoms with van der Waals surface area (Å²) in [6, 6.07) is 9.72. The van der Waals surface area contributed by atoms with Crippen molar-refractivity contribution in [2.24, 2.45) is 5.92 Å². The van der Waals surface area contributed by atoms with E-state index in [2.05, 4.69) is 0 Å². The smallest absolute Gasteiger partial charge is 0.416 e. The fourth-order valence-electron chi connectivity index (χ4n) is 2.12. The quantitative estimate of drug-likeness (QED) is 0.330.